The van der Waals surface area contributed by atoms with Crippen LogP contribution in [-0.4, -0.2) is 17.9 Å². The first kappa shape index (κ1) is 13.3. The van der Waals surface area contributed by atoms with Crippen molar-refractivity contribution in [1.29, 1.82) is 0 Å². The van der Waals surface area contributed by atoms with E-state index in [4.69, 9.17) is 0 Å². The molecule has 3 heteroatoms. The molecule has 3 nitrogen and oxygen atoms in total. The van der Waals surface area contributed by atoms with Gasteiger partial charge in [-0.2, -0.15) is 0 Å². The number of hydrogen-bond donors (Lipinski definition) is 0. The van der Waals surface area contributed by atoms with Gasteiger partial charge in [-0.15, -0.1) is 0 Å². The Morgan fingerprint density at radius 3 is 2.37 bits per heavy atom. The van der Waals surface area contributed by atoms with Gasteiger partial charge in [0, 0.05) is 13.2 Å². The zero-order valence-corrected chi connectivity index (χ0v) is 11.5. The molecule has 2 aromatic rings. The van der Waals surface area contributed by atoms with Crippen LogP contribution in [0.25, 0.3) is 0 Å². The highest BCUT2D eigenvalue weighted by Gasteiger charge is 2.32. The monoisotopic (exact) mass is 254 g/mol. The van der Waals surface area contributed by atoms with Crippen LogP contribution in [0.3, 0.4) is 0 Å². The summed E-state index contributed by atoms with van der Waals surface area (Å²) in [6.07, 6.45) is 3.39. The Labute approximate surface area is 113 Å². The Kier molecular flexibility index (Phi) is 3.65. The second-order valence-corrected chi connectivity index (χ2v) is 5.07. The number of carbonyl (C=O) groups excluding carboxylic acids is 1. The first-order valence-corrected chi connectivity index (χ1v) is 6.27. The van der Waals surface area contributed by atoms with Gasteiger partial charge < -0.3 is 4.90 Å². The first-order chi connectivity index (χ1) is 9.03. The molecule has 1 aromatic carbocycles. The van der Waals surface area contributed by atoms with E-state index in [0.717, 1.165) is 11.3 Å². The molecule has 0 fully saturated rings. The summed E-state index contributed by atoms with van der Waals surface area (Å²) in [5.41, 5.74) is 1.25. The second-order valence-electron chi connectivity index (χ2n) is 5.07. The van der Waals surface area contributed by atoms with Crippen molar-refractivity contribution in [2.24, 2.45) is 0 Å². The number of likely N-dealkylation sites (N-methyl/N-ethyl adjacent to an activating group) is 1. The van der Waals surface area contributed by atoms with Gasteiger partial charge >= 0.3 is 0 Å². The molecule has 0 bridgehead atoms. The minimum Gasteiger partial charge on any atom is -0.313 e. The first-order valence-electron chi connectivity index (χ1n) is 6.27. The minimum absolute atomic E-state index is 0.0479. The summed E-state index contributed by atoms with van der Waals surface area (Å²) in [6.45, 7) is 3.88. The second kappa shape index (κ2) is 5.22. The molecule has 0 saturated heterocycles. The average molecular weight is 254 g/mol. The molecule has 0 N–H and O–H groups in total. The Bertz CT molecular complexity index is 549. The van der Waals surface area contributed by atoms with Crippen LogP contribution >= 0.6 is 0 Å². The molecule has 0 saturated carbocycles. The topological polar surface area (TPSA) is 33.2 Å². The van der Waals surface area contributed by atoms with Gasteiger partial charge in [0.25, 0.3) is 0 Å². The SMILES string of the molecule is CN(C(=O)C(C)(C)c1ccccc1)c1cccnc1. The summed E-state index contributed by atoms with van der Waals surface area (Å²) in [5, 5.41) is 0. The summed E-state index contributed by atoms with van der Waals surface area (Å²) in [5.74, 6) is 0.0479. The predicted molar refractivity (Wildman–Crippen MR) is 77.1 cm³/mol. The van der Waals surface area contributed by atoms with Crippen molar-refractivity contribution in [2.75, 3.05) is 11.9 Å². The number of benzene rings is 1. The molecule has 2 rings (SSSR count). The number of carbonyl (C=O) groups is 1. The number of amides is 1. The molecule has 0 atom stereocenters. The van der Waals surface area contributed by atoms with E-state index in [2.05, 4.69) is 4.98 Å². The maximum absolute atomic E-state index is 12.7. The molecule has 0 aliphatic rings. The third kappa shape index (κ3) is 2.65. The highest BCUT2D eigenvalue weighted by molar-refractivity contribution is 6.00. The van der Waals surface area contributed by atoms with Gasteiger partial charge in [0.1, 0.15) is 0 Å². The number of aromatic nitrogens is 1. The van der Waals surface area contributed by atoms with Gasteiger partial charge in [0.15, 0.2) is 0 Å². The van der Waals surface area contributed by atoms with Crippen molar-refractivity contribution in [2.45, 2.75) is 19.3 Å². The van der Waals surface area contributed by atoms with Crippen LogP contribution in [-0.2, 0) is 10.2 Å². The zero-order valence-electron chi connectivity index (χ0n) is 11.5. The number of anilines is 1. The molecule has 98 valence electrons. The summed E-state index contributed by atoms with van der Waals surface area (Å²) < 4.78 is 0. The van der Waals surface area contributed by atoms with Crippen molar-refractivity contribution < 1.29 is 4.79 Å². The van der Waals surface area contributed by atoms with E-state index in [9.17, 15) is 4.79 Å². The van der Waals surface area contributed by atoms with Crippen LogP contribution in [0.4, 0.5) is 5.69 Å². The molecule has 0 aliphatic heterocycles. The number of nitrogens with zero attached hydrogens (tertiary/aromatic N) is 2. The molecule has 0 unspecified atom stereocenters. The molecule has 1 heterocycles. The lowest BCUT2D eigenvalue weighted by molar-refractivity contribution is -0.122. The lowest BCUT2D eigenvalue weighted by atomic mass is 9.83. The minimum atomic E-state index is -0.564. The van der Waals surface area contributed by atoms with Gasteiger partial charge in [-0.05, 0) is 31.5 Å². The Balaban J connectivity index is 2.29. The van der Waals surface area contributed by atoms with E-state index in [-0.39, 0.29) is 5.91 Å². The highest BCUT2D eigenvalue weighted by Crippen LogP contribution is 2.27. The molecule has 1 aromatic heterocycles. The van der Waals surface area contributed by atoms with Crippen LogP contribution in [0.2, 0.25) is 0 Å². The Morgan fingerprint density at radius 2 is 1.79 bits per heavy atom. The molecule has 0 radical (unpaired) electrons. The van der Waals surface area contributed by atoms with Crippen LogP contribution in [0, 0.1) is 0 Å². The van der Waals surface area contributed by atoms with E-state index >= 15 is 0 Å². The van der Waals surface area contributed by atoms with Crippen LogP contribution in [0.5, 0.6) is 0 Å². The predicted octanol–water partition coefficient (Wildman–Crippen LogP) is 3.02. The molecular weight excluding hydrogens is 236 g/mol. The fourth-order valence-corrected chi connectivity index (χ4v) is 2.07. The molecule has 0 aliphatic carbocycles. The van der Waals surface area contributed by atoms with Gasteiger partial charge in [-0.3, -0.25) is 9.78 Å². The standard InChI is InChI=1S/C16H18N2O/c1-16(2,13-8-5-4-6-9-13)15(19)18(3)14-10-7-11-17-12-14/h4-12H,1-3H3. The van der Waals surface area contributed by atoms with Crippen LogP contribution in [0.15, 0.2) is 54.9 Å². The Hall–Kier alpha value is -2.16. The molecule has 0 spiro atoms. The van der Waals surface area contributed by atoms with Gasteiger partial charge in [-0.25, -0.2) is 0 Å². The van der Waals surface area contributed by atoms with Crippen molar-refractivity contribution in [1.82, 2.24) is 4.98 Å². The fraction of sp³-hybridized carbons (Fsp3) is 0.250. The lowest BCUT2D eigenvalue weighted by Gasteiger charge is -2.29. The van der Waals surface area contributed by atoms with Gasteiger partial charge in [0.2, 0.25) is 5.91 Å². The van der Waals surface area contributed by atoms with E-state index in [1.807, 2.05) is 56.3 Å². The number of rotatable bonds is 3. The maximum atomic E-state index is 12.7. The van der Waals surface area contributed by atoms with Crippen LogP contribution < -0.4 is 4.90 Å². The van der Waals surface area contributed by atoms with E-state index in [0.29, 0.717) is 0 Å². The highest BCUT2D eigenvalue weighted by atomic mass is 16.2. The van der Waals surface area contributed by atoms with Crippen molar-refractivity contribution >= 4 is 11.6 Å². The third-order valence-corrected chi connectivity index (χ3v) is 3.37. The zero-order chi connectivity index (χ0) is 13.9. The molecular formula is C16H18N2O. The summed E-state index contributed by atoms with van der Waals surface area (Å²) in [6, 6.07) is 13.5. The van der Waals surface area contributed by atoms with Gasteiger partial charge in [-0.1, -0.05) is 30.3 Å². The van der Waals surface area contributed by atoms with Crippen molar-refractivity contribution in [3.05, 3.63) is 60.4 Å². The van der Waals surface area contributed by atoms with E-state index in [1.54, 1.807) is 24.3 Å². The number of hydrogen-bond acceptors (Lipinski definition) is 2. The summed E-state index contributed by atoms with van der Waals surface area (Å²) in [7, 11) is 1.78. The smallest absolute Gasteiger partial charge is 0.236 e. The van der Waals surface area contributed by atoms with E-state index < -0.39 is 5.41 Å². The largest absolute Gasteiger partial charge is 0.313 e. The lowest BCUT2D eigenvalue weighted by Crippen LogP contribution is -2.41. The van der Waals surface area contributed by atoms with Gasteiger partial charge in [0.05, 0.1) is 17.3 Å². The van der Waals surface area contributed by atoms with E-state index in [1.165, 1.54) is 0 Å². The Morgan fingerprint density at radius 1 is 1.11 bits per heavy atom. The molecule has 1 amide bonds. The number of pyridine rings is 1. The van der Waals surface area contributed by atoms with Crippen molar-refractivity contribution in [3.8, 4) is 0 Å². The fourth-order valence-electron chi connectivity index (χ4n) is 2.07. The normalized spacial score (nSPS) is 11.1. The van der Waals surface area contributed by atoms with Crippen LogP contribution in [0.1, 0.15) is 19.4 Å². The maximum Gasteiger partial charge on any atom is 0.236 e. The van der Waals surface area contributed by atoms with Crippen molar-refractivity contribution in [3.63, 3.8) is 0 Å². The summed E-state index contributed by atoms with van der Waals surface area (Å²) in [4.78, 5) is 18.4. The quantitative estimate of drug-likeness (QED) is 0.843. The summed E-state index contributed by atoms with van der Waals surface area (Å²) >= 11 is 0. The average Bonchev–Trinajstić information content (AvgIpc) is 2.47. The third-order valence-electron chi connectivity index (χ3n) is 3.37. The molecule has 19 heavy (non-hydrogen) atoms.